The van der Waals surface area contributed by atoms with E-state index in [1.807, 2.05) is 16.8 Å². The fourth-order valence-corrected chi connectivity index (χ4v) is 4.02. The van der Waals surface area contributed by atoms with Crippen LogP contribution in [-0.4, -0.2) is 13.5 Å². The van der Waals surface area contributed by atoms with Gasteiger partial charge in [-0.2, -0.15) is 11.3 Å². The molecule has 0 bridgehead atoms. The number of halogens is 1. The first kappa shape index (κ1) is 15.1. The van der Waals surface area contributed by atoms with Crippen LogP contribution < -0.4 is 4.72 Å². The Morgan fingerprint density at radius 1 is 1.40 bits per heavy atom. The van der Waals surface area contributed by atoms with E-state index in [0.717, 1.165) is 17.7 Å². The maximum Gasteiger partial charge on any atom is 0.241 e. The minimum Gasteiger partial charge on any atom is -0.392 e. The summed E-state index contributed by atoms with van der Waals surface area (Å²) in [5.41, 5.74) is 0.997. The average Bonchev–Trinajstić information content (AvgIpc) is 2.92. The summed E-state index contributed by atoms with van der Waals surface area (Å²) in [6.45, 7) is 1.24. The summed E-state index contributed by atoms with van der Waals surface area (Å²) in [7, 11) is -3.90. The van der Waals surface area contributed by atoms with Crippen molar-refractivity contribution in [1.82, 2.24) is 4.72 Å². The Kier molecular flexibility index (Phi) is 4.54. The van der Waals surface area contributed by atoms with Gasteiger partial charge in [0.2, 0.25) is 10.0 Å². The van der Waals surface area contributed by atoms with Crippen molar-refractivity contribution in [2.24, 2.45) is 0 Å². The van der Waals surface area contributed by atoms with Crippen LogP contribution >= 0.6 is 11.3 Å². The number of rotatable bonds is 5. The van der Waals surface area contributed by atoms with E-state index < -0.39 is 28.5 Å². The van der Waals surface area contributed by atoms with Gasteiger partial charge in [0.15, 0.2) is 0 Å². The molecular formula is C13H14FNO3S2. The van der Waals surface area contributed by atoms with E-state index in [0.29, 0.717) is 0 Å². The molecule has 0 aliphatic heterocycles. The van der Waals surface area contributed by atoms with Crippen molar-refractivity contribution in [2.45, 2.75) is 24.5 Å². The highest BCUT2D eigenvalue weighted by molar-refractivity contribution is 7.89. The molecule has 2 N–H and O–H groups in total. The fourth-order valence-electron chi connectivity index (χ4n) is 1.79. The number of aliphatic hydroxyl groups is 1. The lowest BCUT2D eigenvalue weighted by molar-refractivity contribution is 0.278. The van der Waals surface area contributed by atoms with Crippen LogP contribution in [0.4, 0.5) is 4.39 Å². The normalized spacial score (nSPS) is 13.3. The second-order valence-electron chi connectivity index (χ2n) is 4.31. The minimum atomic E-state index is -3.90. The van der Waals surface area contributed by atoms with Crippen LogP contribution in [0.1, 0.15) is 24.1 Å². The van der Waals surface area contributed by atoms with E-state index in [4.69, 9.17) is 0 Å². The van der Waals surface area contributed by atoms with Crippen LogP contribution in [0.15, 0.2) is 39.9 Å². The van der Waals surface area contributed by atoms with Gasteiger partial charge in [0.25, 0.3) is 0 Å². The molecule has 0 spiro atoms. The van der Waals surface area contributed by atoms with Crippen molar-refractivity contribution >= 4 is 21.4 Å². The Bertz CT molecular complexity index is 684. The third-order valence-corrected chi connectivity index (χ3v) is 5.19. The molecule has 0 aliphatic rings. The lowest BCUT2D eigenvalue weighted by Crippen LogP contribution is -2.27. The maximum absolute atomic E-state index is 13.3. The van der Waals surface area contributed by atoms with Crippen LogP contribution in [0.5, 0.6) is 0 Å². The topological polar surface area (TPSA) is 66.4 Å². The largest absolute Gasteiger partial charge is 0.392 e. The lowest BCUT2D eigenvalue weighted by atomic mass is 10.2. The highest BCUT2D eigenvalue weighted by Crippen LogP contribution is 2.22. The highest BCUT2D eigenvalue weighted by Gasteiger charge is 2.22. The Morgan fingerprint density at radius 2 is 2.15 bits per heavy atom. The number of sulfonamides is 1. The average molecular weight is 315 g/mol. The number of aliphatic hydroxyl groups excluding tert-OH is 1. The summed E-state index contributed by atoms with van der Waals surface area (Å²) in [5, 5.41) is 12.9. The van der Waals surface area contributed by atoms with E-state index in [1.165, 1.54) is 17.4 Å². The van der Waals surface area contributed by atoms with Gasteiger partial charge in [-0.15, -0.1) is 0 Å². The molecule has 1 unspecified atom stereocenters. The smallest absolute Gasteiger partial charge is 0.241 e. The summed E-state index contributed by atoms with van der Waals surface area (Å²) >= 11 is 1.47. The zero-order valence-corrected chi connectivity index (χ0v) is 12.3. The molecule has 7 heteroatoms. The molecule has 1 aromatic heterocycles. The molecule has 1 atom stereocenters. The van der Waals surface area contributed by atoms with E-state index in [9.17, 15) is 17.9 Å². The molecule has 108 valence electrons. The first-order valence-electron chi connectivity index (χ1n) is 5.88. The quantitative estimate of drug-likeness (QED) is 0.890. The summed E-state index contributed by atoms with van der Waals surface area (Å²) in [6.07, 6.45) is 0. The molecule has 0 saturated heterocycles. The molecule has 1 heterocycles. The van der Waals surface area contributed by atoms with Gasteiger partial charge in [0, 0.05) is 6.04 Å². The molecule has 2 rings (SSSR count). The van der Waals surface area contributed by atoms with Crippen molar-refractivity contribution in [3.8, 4) is 0 Å². The first-order valence-corrected chi connectivity index (χ1v) is 8.30. The monoisotopic (exact) mass is 315 g/mol. The van der Waals surface area contributed by atoms with Crippen LogP contribution in [0.25, 0.3) is 0 Å². The van der Waals surface area contributed by atoms with Gasteiger partial charge in [-0.05, 0) is 47.0 Å². The van der Waals surface area contributed by atoms with Crippen molar-refractivity contribution in [1.29, 1.82) is 0 Å². The van der Waals surface area contributed by atoms with Crippen LogP contribution in [0.3, 0.4) is 0 Å². The summed E-state index contributed by atoms with van der Waals surface area (Å²) < 4.78 is 40.3. The zero-order valence-electron chi connectivity index (χ0n) is 10.7. The van der Waals surface area contributed by atoms with Gasteiger partial charge in [0.05, 0.1) is 11.5 Å². The van der Waals surface area contributed by atoms with Crippen molar-refractivity contribution in [3.63, 3.8) is 0 Å². The predicted molar refractivity (Wildman–Crippen MR) is 75.4 cm³/mol. The lowest BCUT2D eigenvalue weighted by Gasteiger charge is -2.15. The van der Waals surface area contributed by atoms with Gasteiger partial charge in [0.1, 0.15) is 5.82 Å². The number of nitrogens with one attached hydrogen (secondary N) is 1. The number of hydrogen-bond acceptors (Lipinski definition) is 4. The second-order valence-corrected chi connectivity index (χ2v) is 6.77. The van der Waals surface area contributed by atoms with Crippen LogP contribution in [0, 0.1) is 5.82 Å². The molecule has 0 amide bonds. The molecule has 0 saturated carbocycles. The third kappa shape index (κ3) is 3.24. The van der Waals surface area contributed by atoms with Crippen molar-refractivity contribution < 1.29 is 17.9 Å². The molecule has 0 radical (unpaired) electrons. The minimum absolute atomic E-state index is 0.163. The Morgan fingerprint density at radius 3 is 2.75 bits per heavy atom. The highest BCUT2D eigenvalue weighted by atomic mass is 32.2. The fraction of sp³-hybridized carbons (Fsp3) is 0.231. The van der Waals surface area contributed by atoms with Gasteiger partial charge in [-0.1, -0.05) is 6.07 Å². The Labute approximate surface area is 120 Å². The maximum atomic E-state index is 13.3. The van der Waals surface area contributed by atoms with E-state index >= 15 is 0 Å². The van der Waals surface area contributed by atoms with E-state index in [1.54, 1.807) is 6.92 Å². The molecule has 20 heavy (non-hydrogen) atoms. The number of benzene rings is 1. The van der Waals surface area contributed by atoms with Gasteiger partial charge in [-0.25, -0.2) is 17.5 Å². The van der Waals surface area contributed by atoms with Gasteiger partial charge < -0.3 is 5.11 Å². The predicted octanol–water partition coefficient (Wildman–Crippen LogP) is 2.42. The van der Waals surface area contributed by atoms with Gasteiger partial charge in [-0.3, -0.25) is 0 Å². The van der Waals surface area contributed by atoms with Crippen molar-refractivity contribution in [3.05, 3.63) is 52.0 Å². The number of thiophene rings is 1. The number of hydrogen-bond donors (Lipinski definition) is 2. The van der Waals surface area contributed by atoms with E-state index in [-0.39, 0.29) is 10.5 Å². The Hall–Kier alpha value is -1.28. The third-order valence-electron chi connectivity index (χ3n) is 2.86. The second kappa shape index (κ2) is 6.01. The molecule has 1 aromatic carbocycles. The molecule has 4 nitrogen and oxygen atoms in total. The molecular weight excluding hydrogens is 301 g/mol. The summed E-state index contributed by atoms with van der Waals surface area (Å²) in [5.74, 6) is -0.661. The summed E-state index contributed by atoms with van der Waals surface area (Å²) in [4.78, 5) is -0.234. The molecule has 0 aliphatic carbocycles. The standard InChI is InChI=1S/C13H14FNO3S2/c1-9(11-4-5-19-8-11)15-20(17,18)13-6-12(14)3-2-10(13)7-16/h2-6,8-9,15-16H,7H2,1H3. The van der Waals surface area contributed by atoms with Crippen LogP contribution in [-0.2, 0) is 16.6 Å². The SMILES string of the molecule is CC(NS(=O)(=O)c1cc(F)ccc1CO)c1ccsc1. The molecule has 2 aromatic rings. The van der Waals surface area contributed by atoms with E-state index in [2.05, 4.69) is 4.72 Å². The first-order chi connectivity index (χ1) is 9.44. The molecule has 0 fully saturated rings. The van der Waals surface area contributed by atoms with Crippen molar-refractivity contribution in [2.75, 3.05) is 0 Å². The summed E-state index contributed by atoms with van der Waals surface area (Å²) in [6, 6.07) is 4.68. The zero-order chi connectivity index (χ0) is 14.8. The van der Waals surface area contributed by atoms with Crippen LogP contribution in [0.2, 0.25) is 0 Å². The van der Waals surface area contributed by atoms with Gasteiger partial charge >= 0.3 is 0 Å². The Balaban J connectivity index is 2.33.